The predicted molar refractivity (Wildman–Crippen MR) is 78.9 cm³/mol. The normalized spacial score (nSPS) is 9.68. The van der Waals surface area contributed by atoms with E-state index in [1.807, 2.05) is 41.8 Å². The number of carbonyl (C=O) groups excluding carboxylic acids is 1. The monoisotopic (exact) mass is 322 g/mol. The Balaban J connectivity index is 0.00000242. The standard InChI is InChI=1S/C16H18N2O3.ClH/c1-2-18-10-8-13(17)12-15(18)21-16(19)9-11-20-14-6-4-3-5-7-14;/h3-8,10,12,17H,2,9,11H2,1H3;1H. The summed E-state index contributed by atoms with van der Waals surface area (Å²) in [5.41, 5.74) is 6.26. The number of halogens is 1. The van der Waals surface area contributed by atoms with Gasteiger partial charge in [0.15, 0.2) is 6.20 Å². The summed E-state index contributed by atoms with van der Waals surface area (Å²) in [6.45, 7) is 2.94. The third-order valence-electron chi connectivity index (χ3n) is 2.90. The van der Waals surface area contributed by atoms with Gasteiger partial charge in [-0.1, -0.05) is 18.2 Å². The Morgan fingerprint density at radius 1 is 1.23 bits per heavy atom. The molecule has 0 atom stereocenters. The number of benzene rings is 1. The first kappa shape index (κ1) is 17.8. The van der Waals surface area contributed by atoms with Crippen molar-refractivity contribution in [2.75, 3.05) is 12.3 Å². The number of anilines is 1. The highest BCUT2D eigenvalue weighted by molar-refractivity contribution is 5.71. The minimum Gasteiger partial charge on any atom is -1.00 e. The van der Waals surface area contributed by atoms with E-state index < -0.39 is 0 Å². The van der Waals surface area contributed by atoms with E-state index in [2.05, 4.69) is 0 Å². The number of nitrogen functional groups attached to an aromatic ring is 1. The van der Waals surface area contributed by atoms with Gasteiger partial charge in [-0.25, -0.2) is 0 Å². The third-order valence-corrected chi connectivity index (χ3v) is 2.90. The molecule has 118 valence electrons. The maximum absolute atomic E-state index is 11.8. The van der Waals surface area contributed by atoms with Crippen molar-refractivity contribution in [2.45, 2.75) is 19.9 Å². The Bertz CT molecular complexity index is 606. The largest absolute Gasteiger partial charge is 1.00 e. The molecule has 6 heteroatoms. The van der Waals surface area contributed by atoms with Crippen LogP contribution in [0.1, 0.15) is 13.3 Å². The number of nitrogens with zero attached hydrogens (tertiary/aromatic N) is 1. The summed E-state index contributed by atoms with van der Waals surface area (Å²) >= 11 is 0. The van der Waals surface area contributed by atoms with Gasteiger partial charge in [-0.3, -0.25) is 4.79 Å². The van der Waals surface area contributed by atoms with Crippen LogP contribution >= 0.6 is 0 Å². The van der Waals surface area contributed by atoms with E-state index >= 15 is 0 Å². The minimum absolute atomic E-state index is 0. The molecule has 2 N–H and O–H groups in total. The molecular weight excluding hydrogens is 304 g/mol. The number of carbonyl (C=O) groups is 1. The molecule has 0 unspecified atom stereocenters. The van der Waals surface area contributed by atoms with Crippen LogP contribution in [0, 0.1) is 0 Å². The molecule has 1 aromatic carbocycles. The van der Waals surface area contributed by atoms with Crippen LogP contribution in [0.4, 0.5) is 5.69 Å². The van der Waals surface area contributed by atoms with E-state index in [0.29, 0.717) is 18.1 Å². The number of para-hydroxylation sites is 1. The Morgan fingerprint density at radius 3 is 2.64 bits per heavy atom. The van der Waals surface area contributed by atoms with Crippen molar-refractivity contribution in [1.29, 1.82) is 0 Å². The fourth-order valence-corrected chi connectivity index (χ4v) is 1.81. The van der Waals surface area contributed by atoms with Gasteiger partial charge in [0, 0.05) is 11.8 Å². The Labute approximate surface area is 136 Å². The molecule has 2 rings (SSSR count). The summed E-state index contributed by atoms with van der Waals surface area (Å²) in [6, 6.07) is 12.8. The lowest BCUT2D eigenvalue weighted by Crippen LogP contribution is -3.00. The molecule has 0 spiro atoms. The number of aromatic nitrogens is 1. The lowest BCUT2D eigenvalue weighted by atomic mass is 10.3. The number of hydrogen-bond donors (Lipinski definition) is 1. The van der Waals surface area contributed by atoms with Crippen LogP contribution in [0.25, 0.3) is 0 Å². The number of esters is 1. The minimum atomic E-state index is -0.348. The number of nitrogens with two attached hydrogens (primary N) is 1. The molecule has 1 heterocycles. The van der Waals surface area contributed by atoms with E-state index in [-0.39, 0.29) is 31.4 Å². The summed E-state index contributed by atoms with van der Waals surface area (Å²) in [4.78, 5) is 11.8. The van der Waals surface area contributed by atoms with Crippen LogP contribution in [0.5, 0.6) is 11.6 Å². The quantitative estimate of drug-likeness (QED) is 0.545. The molecule has 0 amide bonds. The SMILES string of the molecule is CC[n+]1ccc(N)cc1OC(=O)CCOc1ccccc1.[Cl-]. The predicted octanol–water partition coefficient (Wildman–Crippen LogP) is -1.05. The van der Waals surface area contributed by atoms with E-state index in [4.69, 9.17) is 15.2 Å². The van der Waals surface area contributed by atoms with Crippen molar-refractivity contribution in [1.82, 2.24) is 0 Å². The van der Waals surface area contributed by atoms with Crippen molar-refractivity contribution in [2.24, 2.45) is 0 Å². The highest BCUT2D eigenvalue weighted by Gasteiger charge is 2.15. The van der Waals surface area contributed by atoms with Crippen LogP contribution in [0.15, 0.2) is 48.7 Å². The van der Waals surface area contributed by atoms with Gasteiger partial charge in [-0.15, -0.1) is 0 Å². The molecule has 5 nitrogen and oxygen atoms in total. The first-order valence-electron chi connectivity index (χ1n) is 6.86. The van der Waals surface area contributed by atoms with Crippen molar-refractivity contribution >= 4 is 11.7 Å². The van der Waals surface area contributed by atoms with Gasteiger partial charge in [0.2, 0.25) is 0 Å². The van der Waals surface area contributed by atoms with Crippen molar-refractivity contribution in [3.8, 4) is 11.6 Å². The van der Waals surface area contributed by atoms with E-state index in [1.54, 1.807) is 18.3 Å². The van der Waals surface area contributed by atoms with Gasteiger partial charge in [-0.2, -0.15) is 4.57 Å². The number of pyridine rings is 1. The smallest absolute Gasteiger partial charge is 0.377 e. The molecule has 0 saturated carbocycles. The fraction of sp³-hybridized carbons (Fsp3) is 0.250. The Kier molecular flexibility index (Phi) is 7.19. The molecule has 2 aromatic rings. The zero-order valence-electron chi connectivity index (χ0n) is 12.4. The van der Waals surface area contributed by atoms with E-state index in [9.17, 15) is 4.79 Å². The summed E-state index contributed by atoms with van der Waals surface area (Å²) in [6.07, 6.45) is 1.96. The average Bonchev–Trinajstić information content (AvgIpc) is 2.48. The second kappa shape index (κ2) is 8.89. The molecule has 22 heavy (non-hydrogen) atoms. The molecule has 0 bridgehead atoms. The summed E-state index contributed by atoms with van der Waals surface area (Å²) < 4.78 is 12.6. The van der Waals surface area contributed by atoms with E-state index in [0.717, 1.165) is 5.75 Å². The highest BCUT2D eigenvalue weighted by Crippen LogP contribution is 2.11. The number of hydrogen-bond acceptors (Lipinski definition) is 4. The van der Waals surface area contributed by atoms with Crippen LogP contribution in [-0.4, -0.2) is 12.6 Å². The summed E-state index contributed by atoms with van der Waals surface area (Å²) in [5, 5.41) is 0. The maximum Gasteiger partial charge on any atom is 0.377 e. The molecule has 0 radical (unpaired) electrons. The van der Waals surface area contributed by atoms with Gasteiger partial charge in [0.25, 0.3) is 0 Å². The Hall–Kier alpha value is -2.27. The van der Waals surface area contributed by atoms with Gasteiger partial charge < -0.3 is 27.6 Å². The van der Waals surface area contributed by atoms with Gasteiger partial charge >= 0.3 is 11.8 Å². The van der Waals surface area contributed by atoms with Gasteiger partial charge in [0.1, 0.15) is 12.3 Å². The number of rotatable bonds is 6. The summed E-state index contributed by atoms with van der Waals surface area (Å²) in [5.74, 6) is 0.832. The first-order chi connectivity index (χ1) is 10.2. The van der Waals surface area contributed by atoms with Crippen LogP contribution in [0.3, 0.4) is 0 Å². The lowest BCUT2D eigenvalue weighted by molar-refractivity contribution is -0.697. The van der Waals surface area contributed by atoms with Gasteiger partial charge in [0.05, 0.1) is 19.1 Å². The molecule has 0 aliphatic rings. The Morgan fingerprint density at radius 2 is 1.95 bits per heavy atom. The number of aryl methyl sites for hydroxylation is 1. The topological polar surface area (TPSA) is 65.4 Å². The number of ether oxygens (including phenoxy) is 2. The zero-order valence-corrected chi connectivity index (χ0v) is 13.1. The molecule has 0 aliphatic carbocycles. The molecule has 0 saturated heterocycles. The van der Waals surface area contributed by atoms with Crippen molar-refractivity contribution in [3.05, 3.63) is 48.7 Å². The van der Waals surface area contributed by atoms with Crippen LogP contribution < -0.4 is 32.2 Å². The molecule has 1 aromatic heterocycles. The fourth-order valence-electron chi connectivity index (χ4n) is 1.81. The molecule has 0 aliphatic heterocycles. The van der Waals surface area contributed by atoms with Crippen LogP contribution in [-0.2, 0) is 11.3 Å². The van der Waals surface area contributed by atoms with Crippen molar-refractivity contribution in [3.63, 3.8) is 0 Å². The second-order valence-electron chi connectivity index (χ2n) is 4.47. The highest BCUT2D eigenvalue weighted by atomic mass is 35.5. The third kappa shape index (κ3) is 5.26. The average molecular weight is 323 g/mol. The van der Waals surface area contributed by atoms with Crippen LogP contribution in [0.2, 0.25) is 0 Å². The summed E-state index contributed by atoms with van der Waals surface area (Å²) in [7, 11) is 0. The molecule has 0 fully saturated rings. The molecular formula is C16H19ClN2O3. The first-order valence-corrected chi connectivity index (χ1v) is 6.86. The second-order valence-corrected chi connectivity index (χ2v) is 4.47. The van der Waals surface area contributed by atoms with E-state index in [1.165, 1.54) is 0 Å². The van der Waals surface area contributed by atoms with Crippen molar-refractivity contribution < 1.29 is 31.2 Å². The van der Waals surface area contributed by atoms with Gasteiger partial charge in [-0.05, 0) is 19.1 Å². The lowest BCUT2D eigenvalue weighted by Gasteiger charge is -2.06. The zero-order chi connectivity index (χ0) is 15.1. The maximum atomic E-state index is 11.8.